The van der Waals surface area contributed by atoms with Gasteiger partial charge in [0.05, 0.1) is 12.0 Å². The number of carboxylic acid groups (broad SMARTS) is 1. The summed E-state index contributed by atoms with van der Waals surface area (Å²) in [5, 5.41) is 9.07. The van der Waals surface area contributed by atoms with E-state index in [9.17, 15) is 4.79 Å². The molecule has 0 spiro atoms. The molecule has 1 aliphatic rings. The third-order valence-corrected chi connectivity index (χ3v) is 3.48. The van der Waals surface area contributed by atoms with E-state index in [4.69, 9.17) is 5.11 Å². The second-order valence-corrected chi connectivity index (χ2v) is 4.65. The Balaban J connectivity index is 2.00. The molecule has 1 N–H and O–H groups in total. The monoisotopic (exact) mass is 222 g/mol. The highest BCUT2D eigenvalue weighted by atomic mass is 16.4. The lowest BCUT2D eigenvalue weighted by Gasteiger charge is -2.07. The largest absolute Gasteiger partial charge is 0.477 e. The van der Waals surface area contributed by atoms with Gasteiger partial charge in [0.1, 0.15) is 5.69 Å². The van der Waals surface area contributed by atoms with E-state index in [1.165, 1.54) is 25.7 Å². The van der Waals surface area contributed by atoms with Crippen LogP contribution >= 0.6 is 0 Å². The Hall–Kier alpha value is -1.32. The number of aryl methyl sites for hydroxylation is 2. The van der Waals surface area contributed by atoms with Crippen LogP contribution in [0.1, 0.15) is 48.3 Å². The van der Waals surface area contributed by atoms with E-state index in [0.717, 1.165) is 24.5 Å². The van der Waals surface area contributed by atoms with Crippen LogP contribution in [-0.2, 0) is 13.5 Å². The van der Waals surface area contributed by atoms with Crippen molar-refractivity contribution in [3.8, 4) is 0 Å². The maximum absolute atomic E-state index is 11.0. The number of hydrogen-bond acceptors (Lipinski definition) is 2. The second kappa shape index (κ2) is 4.68. The van der Waals surface area contributed by atoms with Crippen molar-refractivity contribution < 1.29 is 9.90 Å². The number of carbonyl (C=O) groups is 1. The molecule has 0 unspecified atom stereocenters. The highest BCUT2D eigenvalue weighted by Gasteiger charge is 2.19. The van der Waals surface area contributed by atoms with Crippen molar-refractivity contribution in [3.63, 3.8) is 0 Å². The van der Waals surface area contributed by atoms with Gasteiger partial charge in [0.25, 0.3) is 0 Å². The van der Waals surface area contributed by atoms with Gasteiger partial charge >= 0.3 is 5.97 Å². The number of imidazole rings is 1. The molecule has 0 radical (unpaired) electrons. The maximum atomic E-state index is 11.0. The van der Waals surface area contributed by atoms with Crippen molar-refractivity contribution in [1.29, 1.82) is 0 Å². The highest BCUT2D eigenvalue weighted by molar-refractivity contribution is 5.87. The molecule has 1 aromatic rings. The zero-order valence-electron chi connectivity index (χ0n) is 9.65. The summed E-state index contributed by atoms with van der Waals surface area (Å²) in [6.07, 6.45) is 8.74. The quantitative estimate of drug-likeness (QED) is 0.850. The molecule has 0 aromatic carbocycles. The van der Waals surface area contributed by atoms with Gasteiger partial charge in [-0.05, 0) is 18.8 Å². The third kappa shape index (κ3) is 2.26. The lowest BCUT2D eigenvalue weighted by molar-refractivity contribution is 0.0685. The smallest absolute Gasteiger partial charge is 0.354 e. The Morgan fingerprint density at radius 3 is 2.88 bits per heavy atom. The summed E-state index contributed by atoms with van der Waals surface area (Å²) in [6.45, 7) is 0. The van der Waals surface area contributed by atoms with Gasteiger partial charge in [0.15, 0.2) is 0 Å². The fourth-order valence-corrected chi connectivity index (χ4v) is 2.58. The number of hydrogen-bond donors (Lipinski definition) is 1. The van der Waals surface area contributed by atoms with Gasteiger partial charge in [-0.25, -0.2) is 9.78 Å². The Kier molecular flexibility index (Phi) is 3.27. The maximum Gasteiger partial charge on any atom is 0.354 e. The average molecular weight is 222 g/mol. The summed E-state index contributed by atoms with van der Waals surface area (Å²) >= 11 is 0. The molecular formula is C12H18N2O2. The second-order valence-electron chi connectivity index (χ2n) is 4.65. The predicted octanol–water partition coefficient (Wildman–Crippen LogP) is 2.24. The molecule has 4 nitrogen and oxygen atoms in total. The van der Waals surface area contributed by atoms with Crippen molar-refractivity contribution in [2.75, 3.05) is 0 Å². The van der Waals surface area contributed by atoms with E-state index in [-0.39, 0.29) is 0 Å². The minimum absolute atomic E-state index is 0.345. The number of aromatic carboxylic acids is 1. The zero-order valence-corrected chi connectivity index (χ0v) is 9.65. The number of rotatable bonds is 4. The van der Waals surface area contributed by atoms with E-state index >= 15 is 0 Å². The van der Waals surface area contributed by atoms with Gasteiger partial charge < -0.3 is 9.67 Å². The van der Waals surface area contributed by atoms with Crippen molar-refractivity contribution >= 4 is 5.97 Å². The van der Waals surface area contributed by atoms with E-state index in [2.05, 4.69) is 4.98 Å². The Bertz CT molecular complexity index is 378. The molecule has 0 amide bonds. The minimum Gasteiger partial charge on any atom is -0.477 e. The first-order valence-electron chi connectivity index (χ1n) is 5.92. The molecular weight excluding hydrogens is 204 g/mol. The lowest BCUT2D eigenvalue weighted by atomic mass is 10.00. The third-order valence-electron chi connectivity index (χ3n) is 3.48. The minimum atomic E-state index is -0.874. The summed E-state index contributed by atoms with van der Waals surface area (Å²) in [6, 6.07) is 0. The SMILES string of the molecule is Cn1cnc(CCC2CCCC2)c1C(=O)O. The zero-order chi connectivity index (χ0) is 11.5. The van der Waals surface area contributed by atoms with E-state index in [0.29, 0.717) is 5.69 Å². The summed E-state index contributed by atoms with van der Waals surface area (Å²) < 4.78 is 1.59. The summed E-state index contributed by atoms with van der Waals surface area (Å²) in [5.74, 6) is -0.0925. The fourth-order valence-electron chi connectivity index (χ4n) is 2.58. The molecule has 1 aliphatic carbocycles. The Labute approximate surface area is 95.3 Å². The van der Waals surface area contributed by atoms with Crippen molar-refractivity contribution in [2.45, 2.75) is 38.5 Å². The predicted molar refractivity (Wildman–Crippen MR) is 60.4 cm³/mol. The van der Waals surface area contributed by atoms with Crippen LogP contribution in [0.3, 0.4) is 0 Å². The molecule has 88 valence electrons. The molecule has 0 saturated heterocycles. The summed E-state index contributed by atoms with van der Waals surface area (Å²) in [4.78, 5) is 15.2. The first-order valence-corrected chi connectivity index (χ1v) is 5.92. The fraction of sp³-hybridized carbons (Fsp3) is 0.667. The average Bonchev–Trinajstić information content (AvgIpc) is 2.83. The Morgan fingerprint density at radius 1 is 1.56 bits per heavy atom. The number of nitrogens with zero attached hydrogens (tertiary/aromatic N) is 2. The van der Waals surface area contributed by atoms with Gasteiger partial charge in [0, 0.05) is 7.05 Å². The van der Waals surface area contributed by atoms with Gasteiger partial charge in [-0.3, -0.25) is 0 Å². The van der Waals surface area contributed by atoms with Crippen LogP contribution in [0.2, 0.25) is 0 Å². The first kappa shape index (κ1) is 11.2. The molecule has 1 saturated carbocycles. The van der Waals surface area contributed by atoms with E-state index in [1.54, 1.807) is 17.9 Å². The summed E-state index contributed by atoms with van der Waals surface area (Å²) in [5.41, 5.74) is 1.08. The van der Waals surface area contributed by atoms with E-state index < -0.39 is 5.97 Å². The van der Waals surface area contributed by atoms with Crippen molar-refractivity contribution in [3.05, 3.63) is 17.7 Å². The first-order chi connectivity index (χ1) is 7.68. The van der Waals surface area contributed by atoms with Gasteiger partial charge in [-0.1, -0.05) is 25.7 Å². The van der Waals surface area contributed by atoms with Crippen LogP contribution in [0.4, 0.5) is 0 Å². The molecule has 1 aromatic heterocycles. The topological polar surface area (TPSA) is 55.1 Å². The van der Waals surface area contributed by atoms with Crippen molar-refractivity contribution in [1.82, 2.24) is 9.55 Å². The molecule has 1 heterocycles. The van der Waals surface area contributed by atoms with Crippen molar-refractivity contribution in [2.24, 2.45) is 13.0 Å². The standard InChI is InChI=1S/C12H18N2O2/c1-14-8-13-10(11(14)12(15)16)7-6-9-4-2-3-5-9/h8-9H,2-7H2,1H3,(H,15,16). The molecule has 0 aliphatic heterocycles. The van der Waals surface area contributed by atoms with E-state index in [1.807, 2.05) is 0 Å². The van der Waals surface area contributed by atoms with Gasteiger partial charge in [-0.15, -0.1) is 0 Å². The number of aromatic nitrogens is 2. The highest BCUT2D eigenvalue weighted by Crippen LogP contribution is 2.28. The molecule has 16 heavy (non-hydrogen) atoms. The van der Waals surface area contributed by atoms with Gasteiger partial charge in [-0.2, -0.15) is 0 Å². The summed E-state index contributed by atoms with van der Waals surface area (Å²) in [7, 11) is 1.73. The Morgan fingerprint density at radius 2 is 2.25 bits per heavy atom. The molecule has 0 bridgehead atoms. The molecule has 4 heteroatoms. The van der Waals surface area contributed by atoms with Crippen LogP contribution in [0.5, 0.6) is 0 Å². The van der Waals surface area contributed by atoms with Gasteiger partial charge in [0.2, 0.25) is 0 Å². The molecule has 0 atom stereocenters. The van der Waals surface area contributed by atoms with Crippen LogP contribution in [0.15, 0.2) is 6.33 Å². The normalized spacial score (nSPS) is 16.8. The van der Waals surface area contributed by atoms with Crippen LogP contribution < -0.4 is 0 Å². The molecule has 1 fully saturated rings. The number of carboxylic acids is 1. The lowest BCUT2D eigenvalue weighted by Crippen LogP contribution is -2.08. The molecule has 2 rings (SSSR count). The van der Waals surface area contributed by atoms with Crippen LogP contribution in [-0.4, -0.2) is 20.6 Å². The van der Waals surface area contributed by atoms with Crippen LogP contribution in [0, 0.1) is 5.92 Å². The van der Waals surface area contributed by atoms with Crippen LogP contribution in [0.25, 0.3) is 0 Å².